The summed E-state index contributed by atoms with van der Waals surface area (Å²) in [5.41, 5.74) is 6.13. The number of nitrogens with two attached hydrogens (primary N) is 1. The Balaban J connectivity index is 2.14. The van der Waals surface area contributed by atoms with Gasteiger partial charge >= 0.3 is 5.97 Å². The first-order valence-corrected chi connectivity index (χ1v) is 6.11. The van der Waals surface area contributed by atoms with Crippen molar-refractivity contribution in [1.29, 1.82) is 0 Å². The van der Waals surface area contributed by atoms with Crippen LogP contribution in [-0.4, -0.2) is 40.6 Å². The molecule has 1 fully saturated rings. The molecule has 98 valence electrons. The second kappa shape index (κ2) is 5.01. The van der Waals surface area contributed by atoms with Crippen LogP contribution in [0.15, 0.2) is 0 Å². The molecular formula is C10H13N3O4S. The van der Waals surface area contributed by atoms with Crippen molar-refractivity contribution in [1.82, 2.24) is 4.37 Å². The van der Waals surface area contributed by atoms with Crippen molar-refractivity contribution in [3.63, 3.8) is 0 Å². The second-order valence-electron chi connectivity index (χ2n) is 4.07. The molecule has 8 heteroatoms. The minimum atomic E-state index is -1.11. The molecule has 0 bridgehead atoms. The monoisotopic (exact) mass is 271 g/mol. The van der Waals surface area contributed by atoms with Gasteiger partial charge in [-0.1, -0.05) is 0 Å². The molecule has 2 atom stereocenters. The Morgan fingerprint density at radius 2 is 2.28 bits per heavy atom. The van der Waals surface area contributed by atoms with Crippen molar-refractivity contribution in [3.8, 4) is 0 Å². The molecule has 0 aliphatic carbocycles. The number of aromatic carboxylic acids is 1. The number of rotatable bonds is 3. The van der Waals surface area contributed by atoms with Crippen molar-refractivity contribution < 1.29 is 19.4 Å². The normalized spacial score (nSPS) is 23.0. The molecule has 0 radical (unpaired) electrons. The zero-order chi connectivity index (χ0) is 13.3. The fourth-order valence-corrected chi connectivity index (χ4v) is 2.54. The third kappa shape index (κ3) is 2.35. The van der Waals surface area contributed by atoms with Gasteiger partial charge in [0.25, 0.3) is 0 Å². The summed E-state index contributed by atoms with van der Waals surface area (Å²) < 4.78 is 9.02. The summed E-state index contributed by atoms with van der Waals surface area (Å²) >= 11 is 0.948. The van der Waals surface area contributed by atoms with E-state index in [1.165, 1.54) is 0 Å². The van der Waals surface area contributed by atoms with E-state index in [2.05, 4.69) is 9.69 Å². The number of ether oxygens (including phenoxy) is 1. The Kier molecular flexibility index (Phi) is 3.60. The van der Waals surface area contributed by atoms with Gasteiger partial charge in [-0.05, 0) is 18.5 Å². The van der Waals surface area contributed by atoms with Crippen molar-refractivity contribution >= 4 is 28.4 Å². The SMILES string of the molecule is Cc1nsc(NC(=O)C2COCC2N)c1C(=O)O. The van der Waals surface area contributed by atoms with E-state index in [9.17, 15) is 9.59 Å². The van der Waals surface area contributed by atoms with Crippen LogP contribution in [0.5, 0.6) is 0 Å². The summed E-state index contributed by atoms with van der Waals surface area (Å²) in [7, 11) is 0. The number of carboxylic acids is 1. The van der Waals surface area contributed by atoms with Gasteiger partial charge in [0.15, 0.2) is 0 Å². The number of amides is 1. The van der Waals surface area contributed by atoms with E-state index in [-0.39, 0.29) is 29.1 Å². The average Bonchev–Trinajstić information content (AvgIpc) is 2.85. The average molecular weight is 271 g/mol. The summed E-state index contributed by atoms with van der Waals surface area (Å²) in [6.45, 7) is 2.18. The molecule has 18 heavy (non-hydrogen) atoms. The van der Waals surface area contributed by atoms with Crippen molar-refractivity contribution in [2.75, 3.05) is 18.5 Å². The molecule has 0 saturated carbocycles. The Labute approximate surface area is 107 Å². The first-order chi connectivity index (χ1) is 8.50. The molecule has 2 heterocycles. The number of carboxylic acid groups (broad SMARTS) is 1. The van der Waals surface area contributed by atoms with Crippen LogP contribution in [0.1, 0.15) is 16.1 Å². The number of aromatic nitrogens is 1. The number of carbonyl (C=O) groups excluding carboxylic acids is 1. The topological polar surface area (TPSA) is 115 Å². The lowest BCUT2D eigenvalue weighted by molar-refractivity contribution is -0.120. The van der Waals surface area contributed by atoms with Crippen LogP contribution in [0.25, 0.3) is 0 Å². The van der Waals surface area contributed by atoms with Gasteiger partial charge in [-0.3, -0.25) is 4.79 Å². The maximum absolute atomic E-state index is 11.9. The molecule has 0 aromatic carbocycles. The summed E-state index contributed by atoms with van der Waals surface area (Å²) in [4.78, 5) is 23.0. The molecule has 1 aromatic heterocycles. The molecule has 1 aliphatic heterocycles. The molecule has 7 nitrogen and oxygen atoms in total. The van der Waals surface area contributed by atoms with Gasteiger partial charge in [0, 0.05) is 6.04 Å². The van der Waals surface area contributed by atoms with Crippen molar-refractivity contribution in [3.05, 3.63) is 11.3 Å². The molecule has 0 spiro atoms. The molecular weight excluding hydrogens is 258 g/mol. The van der Waals surface area contributed by atoms with E-state index >= 15 is 0 Å². The highest BCUT2D eigenvalue weighted by Gasteiger charge is 2.32. The predicted molar refractivity (Wildman–Crippen MR) is 64.7 cm³/mol. The lowest BCUT2D eigenvalue weighted by Crippen LogP contribution is -2.37. The van der Waals surface area contributed by atoms with Crippen molar-refractivity contribution in [2.45, 2.75) is 13.0 Å². The number of nitrogens with one attached hydrogen (secondary N) is 1. The van der Waals surface area contributed by atoms with Gasteiger partial charge in [0.1, 0.15) is 10.6 Å². The van der Waals surface area contributed by atoms with Gasteiger partial charge in [0.2, 0.25) is 5.91 Å². The van der Waals surface area contributed by atoms with Gasteiger partial charge in [-0.2, -0.15) is 4.37 Å². The number of hydrogen-bond acceptors (Lipinski definition) is 6. The van der Waals surface area contributed by atoms with Crippen LogP contribution >= 0.6 is 11.5 Å². The highest BCUT2D eigenvalue weighted by Crippen LogP contribution is 2.25. The number of carbonyl (C=O) groups is 2. The number of aryl methyl sites for hydroxylation is 1. The van der Waals surface area contributed by atoms with Crippen molar-refractivity contribution in [2.24, 2.45) is 11.7 Å². The Bertz CT molecular complexity index is 487. The summed E-state index contributed by atoms with van der Waals surface area (Å²) in [6, 6.07) is -0.354. The molecule has 2 unspecified atom stereocenters. The van der Waals surface area contributed by atoms with Crippen LogP contribution in [0.4, 0.5) is 5.00 Å². The second-order valence-corrected chi connectivity index (χ2v) is 4.85. The number of hydrogen-bond donors (Lipinski definition) is 3. The minimum absolute atomic E-state index is 0.0286. The van der Waals surface area contributed by atoms with Gasteiger partial charge in [0.05, 0.1) is 24.8 Å². The first kappa shape index (κ1) is 12.9. The van der Waals surface area contributed by atoms with E-state index in [1.807, 2.05) is 0 Å². The third-order valence-corrected chi connectivity index (χ3v) is 3.63. The minimum Gasteiger partial charge on any atom is -0.478 e. The maximum Gasteiger partial charge on any atom is 0.340 e. The summed E-state index contributed by atoms with van der Waals surface area (Å²) in [5.74, 6) is -1.89. The van der Waals surface area contributed by atoms with E-state index in [0.29, 0.717) is 12.3 Å². The van der Waals surface area contributed by atoms with Crippen LogP contribution in [0, 0.1) is 12.8 Å². The van der Waals surface area contributed by atoms with Gasteiger partial charge in [-0.25, -0.2) is 4.79 Å². The van der Waals surface area contributed by atoms with E-state index in [4.69, 9.17) is 15.6 Å². The smallest absolute Gasteiger partial charge is 0.340 e. The molecule has 2 rings (SSSR count). The zero-order valence-electron chi connectivity index (χ0n) is 9.67. The van der Waals surface area contributed by atoms with Crippen LogP contribution < -0.4 is 11.1 Å². The molecule has 4 N–H and O–H groups in total. The number of nitrogens with zero attached hydrogens (tertiary/aromatic N) is 1. The highest BCUT2D eigenvalue weighted by atomic mass is 32.1. The van der Waals surface area contributed by atoms with Crippen LogP contribution in [0.2, 0.25) is 0 Å². The van der Waals surface area contributed by atoms with Crippen LogP contribution in [0.3, 0.4) is 0 Å². The summed E-state index contributed by atoms with van der Waals surface area (Å²) in [5, 5.41) is 11.8. The Morgan fingerprint density at radius 1 is 1.56 bits per heavy atom. The van der Waals surface area contributed by atoms with E-state index < -0.39 is 11.9 Å². The quantitative estimate of drug-likeness (QED) is 0.716. The molecule has 1 amide bonds. The standard InChI is InChI=1S/C10H13N3O4S/c1-4-7(10(15)16)9(18-13-4)12-8(14)5-2-17-3-6(5)11/h5-6H,2-3,11H2,1H3,(H,12,14)(H,15,16). The van der Waals surface area contributed by atoms with Gasteiger partial charge in [-0.15, -0.1) is 0 Å². The van der Waals surface area contributed by atoms with E-state index in [1.54, 1.807) is 6.92 Å². The lowest BCUT2D eigenvalue weighted by atomic mass is 10.0. The molecule has 1 aliphatic rings. The fourth-order valence-electron chi connectivity index (χ4n) is 1.75. The lowest BCUT2D eigenvalue weighted by Gasteiger charge is -2.12. The zero-order valence-corrected chi connectivity index (χ0v) is 10.5. The van der Waals surface area contributed by atoms with E-state index in [0.717, 1.165) is 11.5 Å². The fraction of sp³-hybridized carbons (Fsp3) is 0.500. The summed E-state index contributed by atoms with van der Waals surface area (Å²) in [6.07, 6.45) is 0. The van der Waals surface area contributed by atoms with Crippen LogP contribution in [-0.2, 0) is 9.53 Å². The van der Waals surface area contributed by atoms with Gasteiger partial charge < -0.3 is 20.9 Å². The third-order valence-electron chi connectivity index (χ3n) is 2.77. The maximum atomic E-state index is 11.9. The first-order valence-electron chi connectivity index (χ1n) is 5.34. The Hall–Kier alpha value is -1.51. The highest BCUT2D eigenvalue weighted by molar-refractivity contribution is 7.11. The predicted octanol–water partition coefficient (Wildman–Crippen LogP) is 0.0619. The molecule has 1 saturated heterocycles. The Morgan fingerprint density at radius 3 is 2.83 bits per heavy atom. The number of anilines is 1. The molecule has 1 aromatic rings. The largest absolute Gasteiger partial charge is 0.478 e.